The molecule has 1 aromatic heterocycles. The predicted octanol–water partition coefficient (Wildman–Crippen LogP) is 0.949. The maximum absolute atomic E-state index is 11.4. The second-order valence-corrected chi connectivity index (χ2v) is 3.77. The van der Waals surface area contributed by atoms with Crippen LogP contribution in [0.4, 0.5) is 0 Å². The van der Waals surface area contributed by atoms with Crippen molar-refractivity contribution in [2.24, 2.45) is 0 Å². The number of aromatic nitrogens is 2. The number of carbonyl (C=O) groups is 1. The number of carboxylic acids is 1. The lowest BCUT2D eigenvalue weighted by molar-refractivity contribution is -0.136. The molecule has 0 radical (unpaired) electrons. The van der Waals surface area contributed by atoms with Gasteiger partial charge >= 0.3 is 11.7 Å². The van der Waals surface area contributed by atoms with Gasteiger partial charge in [-0.1, -0.05) is 12.1 Å². The van der Waals surface area contributed by atoms with Gasteiger partial charge in [-0.05, 0) is 12.5 Å². The summed E-state index contributed by atoms with van der Waals surface area (Å²) >= 11 is 0. The fourth-order valence-corrected chi connectivity index (χ4v) is 1.80. The van der Waals surface area contributed by atoms with Gasteiger partial charge in [-0.3, -0.25) is 4.79 Å². The van der Waals surface area contributed by atoms with E-state index in [1.54, 1.807) is 18.2 Å². The van der Waals surface area contributed by atoms with E-state index < -0.39 is 11.7 Å². The largest absolute Gasteiger partial charge is 0.494 e. The van der Waals surface area contributed by atoms with Crippen LogP contribution >= 0.6 is 0 Å². The number of benzene rings is 1. The Morgan fingerprint density at radius 1 is 1.50 bits per heavy atom. The van der Waals surface area contributed by atoms with Crippen molar-refractivity contribution in [1.29, 1.82) is 0 Å². The topological polar surface area (TPSA) is 92.3 Å². The Morgan fingerprint density at radius 3 is 2.94 bits per heavy atom. The minimum absolute atomic E-state index is 0.0493. The average molecular weight is 248 g/mol. The third-order valence-electron chi connectivity index (χ3n) is 2.60. The molecule has 0 amide bonds. The van der Waals surface area contributed by atoms with E-state index in [0.29, 0.717) is 22.3 Å². The van der Waals surface area contributed by atoms with E-state index in [4.69, 9.17) is 9.84 Å². The fraction of sp³-hybridized carbons (Fsp3) is 0.250. The molecule has 2 rings (SSSR count). The molecular weight excluding hydrogens is 236 g/mol. The smallest absolute Gasteiger partial charge is 0.345 e. The molecule has 1 aromatic carbocycles. The van der Waals surface area contributed by atoms with E-state index in [-0.39, 0.29) is 12.8 Å². The highest BCUT2D eigenvalue weighted by Gasteiger charge is 2.10. The Bertz CT molecular complexity index is 648. The normalized spacial score (nSPS) is 10.5. The van der Waals surface area contributed by atoms with Crippen molar-refractivity contribution in [2.45, 2.75) is 12.8 Å². The number of aromatic amines is 1. The SMILES string of the molecule is COc1cccc2c(CCC(=O)O)[nH]c(=O)nc12. The summed E-state index contributed by atoms with van der Waals surface area (Å²) in [7, 11) is 1.49. The first kappa shape index (κ1) is 12.1. The van der Waals surface area contributed by atoms with Crippen LogP contribution in [-0.2, 0) is 11.2 Å². The number of hydrogen-bond donors (Lipinski definition) is 2. The van der Waals surface area contributed by atoms with Crippen LogP contribution in [0.1, 0.15) is 12.1 Å². The van der Waals surface area contributed by atoms with E-state index in [1.807, 2.05) is 0 Å². The summed E-state index contributed by atoms with van der Waals surface area (Å²) in [6.45, 7) is 0. The summed E-state index contributed by atoms with van der Waals surface area (Å²) in [5.41, 5.74) is 0.503. The van der Waals surface area contributed by atoms with Crippen molar-refractivity contribution in [3.63, 3.8) is 0 Å². The first-order chi connectivity index (χ1) is 8.61. The van der Waals surface area contributed by atoms with Gasteiger partial charge < -0.3 is 14.8 Å². The zero-order valence-corrected chi connectivity index (χ0v) is 9.77. The first-order valence-corrected chi connectivity index (χ1v) is 5.39. The number of nitrogens with zero attached hydrogens (tertiary/aromatic N) is 1. The number of ether oxygens (including phenoxy) is 1. The lowest BCUT2D eigenvalue weighted by atomic mass is 10.1. The number of aryl methyl sites for hydroxylation is 1. The number of H-pyrrole nitrogens is 1. The van der Waals surface area contributed by atoms with Crippen molar-refractivity contribution in [1.82, 2.24) is 9.97 Å². The Balaban J connectivity index is 2.59. The molecule has 0 atom stereocenters. The predicted molar refractivity (Wildman–Crippen MR) is 64.9 cm³/mol. The number of aliphatic carboxylic acids is 1. The summed E-state index contributed by atoms with van der Waals surface area (Å²) in [4.78, 5) is 28.5. The molecular formula is C12H12N2O4. The van der Waals surface area contributed by atoms with E-state index in [1.165, 1.54) is 7.11 Å². The molecule has 0 unspecified atom stereocenters. The van der Waals surface area contributed by atoms with Crippen LogP contribution in [0, 0.1) is 0 Å². The average Bonchev–Trinajstić information content (AvgIpc) is 2.35. The number of para-hydroxylation sites is 1. The summed E-state index contributed by atoms with van der Waals surface area (Å²) in [6, 6.07) is 5.25. The van der Waals surface area contributed by atoms with Crippen LogP contribution in [0.25, 0.3) is 10.9 Å². The summed E-state index contributed by atoms with van der Waals surface area (Å²) in [5, 5.41) is 9.39. The number of hydrogen-bond acceptors (Lipinski definition) is 4. The number of rotatable bonds is 4. The molecule has 6 nitrogen and oxygen atoms in total. The molecule has 2 aromatic rings. The molecule has 94 valence electrons. The second kappa shape index (κ2) is 4.87. The summed E-state index contributed by atoms with van der Waals surface area (Å²) in [6.07, 6.45) is 0.197. The van der Waals surface area contributed by atoms with Gasteiger partial charge in [-0.2, -0.15) is 4.98 Å². The molecule has 6 heteroatoms. The van der Waals surface area contributed by atoms with Crippen LogP contribution in [0.3, 0.4) is 0 Å². The number of fused-ring (bicyclic) bond motifs is 1. The zero-order chi connectivity index (χ0) is 13.1. The van der Waals surface area contributed by atoms with Gasteiger partial charge in [0, 0.05) is 11.1 Å². The van der Waals surface area contributed by atoms with Crippen molar-refractivity contribution in [3.8, 4) is 5.75 Å². The van der Waals surface area contributed by atoms with Crippen molar-refractivity contribution >= 4 is 16.9 Å². The molecule has 18 heavy (non-hydrogen) atoms. The van der Waals surface area contributed by atoms with Gasteiger partial charge in [-0.25, -0.2) is 4.79 Å². The molecule has 1 heterocycles. The van der Waals surface area contributed by atoms with Crippen LogP contribution < -0.4 is 10.4 Å². The van der Waals surface area contributed by atoms with Crippen LogP contribution in [-0.4, -0.2) is 28.2 Å². The molecule has 0 aliphatic rings. The maximum atomic E-state index is 11.4. The minimum Gasteiger partial charge on any atom is -0.494 e. The standard InChI is InChI=1S/C12H12N2O4/c1-18-9-4-2-3-7-8(5-6-10(15)16)13-12(17)14-11(7)9/h2-4H,5-6H2,1H3,(H,15,16)(H,13,14,17). The van der Waals surface area contributed by atoms with Crippen molar-refractivity contribution in [3.05, 3.63) is 34.4 Å². The highest BCUT2D eigenvalue weighted by atomic mass is 16.5. The molecule has 0 fully saturated rings. The monoisotopic (exact) mass is 248 g/mol. The Kier molecular flexibility index (Phi) is 3.27. The molecule has 0 saturated carbocycles. The van der Waals surface area contributed by atoms with E-state index in [0.717, 1.165) is 0 Å². The summed E-state index contributed by atoms with van der Waals surface area (Å²) < 4.78 is 5.13. The zero-order valence-electron chi connectivity index (χ0n) is 9.77. The lowest BCUT2D eigenvalue weighted by Crippen LogP contribution is -2.14. The van der Waals surface area contributed by atoms with Crippen molar-refractivity contribution < 1.29 is 14.6 Å². The first-order valence-electron chi connectivity index (χ1n) is 5.39. The maximum Gasteiger partial charge on any atom is 0.345 e. The quantitative estimate of drug-likeness (QED) is 0.840. The van der Waals surface area contributed by atoms with Gasteiger partial charge in [0.2, 0.25) is 0 Å². The van der Waals surface area contributed by atoms with Gasteiger partial charge in [0.25, 0.3) is 0 Å². The number of nitrogens with one attached hydrogen (secondary N) is 1. The number of carboxylic acid groups (broad SMARTS) is 1. The Morgan fingerprint density at radius 2 is 2.28 bits per heavy atom. The van der Waals surface area contributed by atoms with Crippen LogP contribution in [0.15, 0.2) is 23.0 Å². The highest BCUT2D eigenvalue weighted by molar-refractivity contribution is 5.86. The van der Waals surface area contributed by atoms with Gasteiger partial charge in [0.05, 0.1) is 13.5 Å². The van der Waals surface area contributed by atoms with Gasteiger partial charge in [0.1, 0.15) is 11.3 Å². The van der Waals surface area contributed by atoms with Gasteiger partial charge in [0.15, 0.2) is 0 Å². The number of methoxy groups -OCH3 is 1. The molecule has 0 aliphatic carbocycles. The Labute approximate surface area is 102 Å². The van der Waals surface area contributed by atoms with Crippen molar-refractivity contribution in [2.75, 3.05) is 7.11 Å². The lowest BCUT2D eigenvalue weighted by Gasteiger charge is -2.07. The van der Waals surface area contributed by atoms with Crippen LogP contribution in [0.2, 0.25) is 0 Å². The van der Waals surface area contributed by atoms with Gasteiger partial charge in [-0.15, -0.1) is 0 Å². The fourth-order valence-electron chi connectivity index (χ4n) is 1.80. The molecule has 2 N–H and O–H groups in total. The van der Waals surface area contributed by atoms with Crippen LogP contribution in [0.5, 0.6) is 5.75 Å². The minimum atomic E-state index is -0.913. The third kappa shape index (κ3) is 2.32. The second-order valence-electron chi connectivity index (χ2n) is 3.77. The highest BCUT2D eigenvalue weighted by Crippen LogP contribution is 2.24. The third-order valence-corrected chi connectivity index (χ3v) is 2.60. The Hall–Kier alpha value is -2.37. The molecule has 0 aliphatic heterocycles. The molecule has 0 saturated heterocycles. The summed E-state index contributed by atoms with van der Waals surface area (Å²) in [5.74, 6) is -0.418. The van der Waals surface area contributed by atoms with E-state index in [2.05, 4.69) is 9.97 Å². The van der Waals surface area contributed by atoms with E-state index >= 15 is 0 Å². The molecule has 0 bridgehead atoms. The van der Waals surface area contributed by atoms with E-state index in [9.17, 15) is 9.59 Å². The molecule has 0 spiro atoms.